The summed E-state index contributed by atoms with van der Waals surface area (Å²) >= 11 is 7.61. The number of piperidine rings is 1. The number of nitrogens with one attached hydrogen (secondary N) is 1. The third-order valence-electron chi connectivity index (χ3n) is 5.82. The summed E-state index contributed by atoms with van der Waals surface area (Å²) < 4.78 is 0. The van der Waals surface area contributed by atoms with E-state index in [4.69, 9.17) is 11.6 Å². The van der Waals surface area contributed by atoms with Gasteiger partial charge < -0.3 is 20.0 Å². The fraction of sp³-hybridized carbons (Fsp3) is 0.727. The van der Waals surface area contributed by atoms with E-state index in [0.29, 0.717) is 41.6 Å². The number of halogens is 1. The lowest BCUT2D eigenvalue weighted by atomic mass is 9.99. The lowest BCUT2D eigenvalue weighted by Gasteiger charge is -2.41. The Kier molecular flexibility index (Phi) is 8.14. The first-order chi connectivity index (χ1) is 15.0. The van der Waals surface area contributed by atoms with Gasteiger partial charge in [-0.05, 0) is 46.5 Å². The summed E-state index contributed by atoms with van der Waals surface area (Å²) in [5.74, 6) is 1.85. The minimum atomic E-state index is -0.274. The van der Waals surface area contributed by atoms with Gasteiger partial charge in [0.25, 0.3) is 0 Å². The molecule has 2 aliphatic heterocycles. The van der Waals surface area contributed by atoms with Gasteiger partial charge in [0.2, 0.25) is 5.91 Å². The third-order valence-corrected chi connectivity index (χ3v) is 6.84. The van der Waals surface area contributed by atoms with E-state index < -0.39 is 0 Å². The summed E-state index contributed by atoms with van der Waals surface area (Å²) in [4.78, 5) is 40.0. The molecule has 2 saturated heterocycles. The number of piperazine rings is 1. The van der Waals surface area contributed by atoms with Crippen molar-refractivity contribution in [2.75, 3.05) is 43.4 Å². The van der Waals surface area contributed by atoms with Crippen LogP contribution in [0.1, 0.15) is 47.5 Å². The molecule has 3 amide bonds. The number of thioether (sulfide) groups is 1. The number of carbonyl (C=O) groups excluding carboxylic acids is 2. The van der Waals surface area contributed by atoms with E-state index in [2.05, 4.69) is 27.1 Å². The Morgan fingerprint density at radius 1 is 1.16 bits per heavy atom. The molecule has 2 aliphatic rings. The average molecular weight is 483 g/mol. The lowest BCUT2D eigenvalue weighted by molar-refractivity contribution is -0.129. The molecule has 0 bridgehead atoms. The second-order valence-electron chi connectivity index (χ2n) is 9.85. The maximum absolute atomic E-state index is 12.6. The van der Waals surface area contributed by atoms with Gasteiger partial charge in [0.05, 0.1) is 5.75 Å². The Morgan fingerprint density at radius 3 is 2.47 bits per heavy atom. The van der Waals surface area contributed by atoms with Crippen molar-refractivity contribution >= 4 is 41.1 Å². The maximum Gasteiger partial charge on any atom is 0.318 e. The Bertz CT molecular complexity index is 825. The Hall–Kier alpha value is -1.74. The van der Waals surface area contributed by atoms with Crippen LogP contribution >= 0.6 is 23.4 Å². The van der Waals surface area contributed by atoms with E-state index in [1.54, 1.807) is 6.07 Å². The molecule has 3 rings (SSSR count). The smallest absolute Gasteiger partial charge is 0.318 e. The molecule has 32 heavy (non-hydrogen) atoms. The van der Waals surface area contributed by atoms with Gasteiger partial charge in [-0.1, -0.05) is 30.3 Å². The molecule has 0 saturated carbocycles. The van der Waals surface area contributed by atoms with Gasteiger partial charge in [0.15, 0.2) is 5.16 Å². The normalized spacial score (nSPS) is 20.4. The summed E-state index contributed by atoms with van der Waals surface area (Å²) in [6, 6.07) is 1.73. The van der Waals surface area contributed by atoms with Crippen molar-refractivity contribution in [1.29, 1.82) is 0 Å². The Morgan fingerprint density at radius 2 is 1.84 bits per heavy atom. The zero-order chi connectivity index (χ0) is 23.5. The van der Waals surface area contributed by atoms with Crippen LogP contribution in [0.2, 0.25) is 5.15 Å². The number of aromatic nitrogens is 2. The van der Waals surface area contributed by atoms with Crippen molar-refractivity contribution in [2.45, 2.75) is 64.2 Å². The number of nitrogens with zero attached hydrogens (tertiary/aromatic N) is 5. The molecule has 1 N–H and O–H groups in total. The minimum Gasteiger partial charge on any atom is -0.353 e. The molecular weight excluding hydrogens is 448 g/mol. The SMILES string of the molecule is CC1CCN(C(=O)CSc2nc(Cl)cc(N3CCN(C(=O)NC(C)(C)C)C(C)C3)n2)CC1. The molecule has 0 radical (unpaired) electrons. The molecule has 10 heteroatoms. The number of hydrogen-bond acceptors (Lipinski definition) is 6. The van der Waals surface area contributed by atoms with Gasteiger partial charge in [-0.25, -0.2) is 14.8 Å². The van der Waals surface area contributed by atoms with Gasteiger partial charge in [-0.2, -0.15) is 0 Å². The quantitative estimate of drug-likeness (QED) is 0.402. The van der Waals surface area contributed by atoms with Crippen LogP contribution in [0.4, 0.5) is 10.6 Å². The van der Waals surface area contributed by atoms with Crippen LogP contribution in [-0.4, -0.2) is 81.8 Å². The predicted molar refractivity (Wildman–Crippen MR) is 129 cm³/mol. The first-order valence-corrected chi connectivity index (χ1v) is 12.7. The fourth-order valence-corrected chi connectivity index (χ4v) is 4.93. The molecule has 0 aromatic carbocycles. The molecule has 1 aromatic rings. The highest BCUT2D eigenvalue weighted by atomic mass is 35.5. The number of urea groups is 1. The summed E-state index contributed by atoms with van der Waals surface area (Å²) in [5, 5.41) is 3.90. The maximum atomic E-state index is 12.6. The van der Waals surface area contributed by atoms with Crippen molar-refractivity contribution < 1.29 is 9.59 Å². The number of carbonyl (C=O) groups is 2. The minimum absolute atomic E-state index is 0.0269. The van der Waals surface area contributed by atoms with Crippen LogP contribution in [0.25, 0.3) is 0 Å². The number of rotatable bonds is 4. The third kappa shape index (κ3) is 6.88. The van der Waals surface area contributed by atoms with Crippen LogP contribution in [0.3, 0.4) is 0 Å². The second-order valence-corrected chi connectivity index (χ2v) is 11.2. The van der Waals surface area contributed by atoms with E-state index in [1.807, 2.05) is 37.5 Å². The van der Waals surface area contributed by atoms with Gasteiger partial charge in [0.1, 0.15) is 11.0 Å². The van der Waals surface area contributed by atoms with Crippen LogP contribution < -0.4 is 10.2 Å². The van der Waals surface area contributed by atoms with Crippen LogP contribution in [0, 0.1) is 5.92 Å². The Labute approximate surface area is 200 Å². The van der Waals surface area contributed by atoms with Crippen LogP contribution in [-0.2, 0) is 4.79 Å². The van der Waals surface area contributed by atoms with E-state index in [-0.39, 0.29) is 23.5 Å². The number of hydrogen-bond donors (Lipinski definition) is 1. The van der Waals surface area contributed by atoms with E-state index >= 15 is 0 Å². The zero-order valence-corrected chi connectivity index (χ0v) is 21.3. The molecule has 1 unspecified atom stereocenters. The molecule has 3 heterocycles. The molecule has 2 fully saturated rings. The molecule has 0 spiro atoms. The molecule has 0 aliphatic carbocycles. The van der Waals surface area contributed by atoms with Crippen molar-refractivity contribution in [1.82, 2.24) is 25.1 Å². The lowest BCUT2D eigenvalue weighted by Crippen LogP contribution is -2.59. The van der Waals surface area contributed by atoms with Crippen molar-refractivity contribution in [3.63, 3.8) is 0 Å². The summed E-state index contributed by atoms with van der Waals surface area (Å²) in [6.45, 7) is 13.8. The summed E-state index contributed by atoms with van der Waals surface area (Å²) in [5.41, 5.74) is -0.274. The Balaban J connectivity index is 1.58. The molecule has 178 valence electrons. The van der Waals surface area contributed by atoms with Crippen LogP contribution in [0.5, 0.6) is 0 Å². The number of anilines is 1. The highest BCUT2D eigenvalue weighted by Gasteiger charge is 2.30. The van der Waals surface area contributed by atoms with E-state index in [0.717, 1.165) is 31.7 Å². The average Bonchev–Trinajstić information content (AvgIpc) is 2.70. The van der Waals surface area contributed by atoms with Gasteiger partial charge >= 0.3 is 6.03 Å². The first-order valence-electron chi connectivity index (χ1n) is 11.3. The van der Waals surface area contributed by atoms with Crippen molar-refractivity contribution in [2.24, 2.45) is 5.92 Å². The molecule has 1 atom stereocenters. The van der Waals surface area contributed by atoms with E-state index in [9.17, 15) is 9.59 Å². The highest BCUT2D eigenvalue weighted by molar-refractivity contribution is 7.99. The number of likely N-dealkylation sites (tertiary alicyclic amines) is 1. The summed E-state index contributed by atoms with van der Waals surface area (Å²) in [7, 11) is 0. The van der Waals surface area contributed by atoms with E-state index in [1.165, 1.54) is 11.8 Å². The molecule has 1 aromatic heterocycles. The van der Waals surface area contributed by atoms with Gasteiger partial charge in [0, 0.05) is 50.4 Å². The predicted octanol–water partition coefficient (Wildman–Crippen LogP) is 3.50. The first kappa shape index (κ1) is 24.9. The molecular formula is C22H35ClN6O2S. The highest BCUT2D eigenvalue weighted by Crippen LogP contribution is 2.25. The number of amides is 3. The topological polar surface area (TPSA) is 81.7 Å². The monoisotopic (exact) mass is 482 g/mol. The standard InChI is InChI=1S/C22H35ClN6O2S/c1-15-6-8-27(9-7-15)19(30)14-32-20-24-17(23)12-18(25-20)28-10-11-29(16(2)13-28)21(31)26-22(3,4)5/h12,15-16H,6-11,13-14H2,1-5H3,(H,26,31). The molecule has 8 nitrogen and oxygen atoms in total. The van der Waals surface area contributed by atoms with Crippen molar-refractivity contribution in [3.8, 4) is 0 Å². The second kappa shape index (κ2) is 10.5. The van der Waals surface area contributed by atoms with Crippen molar-refractivity contribution in [3.05, 3.63) is 11.2 Å². The van der Waals surface area contributed by atoms with Crippen LogP contribution in [0.15, 0.2) is 11.2 Å². The van der Waals surface area contributed by atoms with Gasteiger partial charge in [-0.3, -0.25) is 4.79 Å². The largest absolute Gasteiger partial charge is 0.353 e. The fourth-order valence-electron chi connectivity index (χ4n) is 3.95. The van der Waals surface area contributed by atoms with Gasteiger partial charge in [-0.15, -0.1) is 0 Å². The zero-order valence-electron chi connectivity index (χ0n) is 19.7. The summed E-state index contributed by atoms with van der Waals surface area (Å²) in [6.07, 6.45) is 2.12.